The standard InChI is InChI=1S/C9H6N2O6/c12-8-2-1-5-3-6(10(13)14)4-7(11(15)16)9(5)17-8/h1-4,8,12H. The lowest BCUT2D eigenvalue weighted by atomic mass is 10.1. The lowest BCUT2D eigenvalue weighted by Crippen LogP contribution is -2.16. The number of fused-ring (bicyclic) bond motifs is 1. The summed E-state index contributed by atoms with van der Waals surface area (Å²) in [5.74, 6) is -0.171. The van der Waals surface area contributed by atoms with Crippen molar-refractivity contribution in [2.75, 3.05) is 0 Å². The molecule has 0 fully saturated rings. The van der Waals surface area contributed by atoms with Crippen LogP contribution in [0, 0.1) is 20.2 Å². The van der Waals surface area contributed by atoms with Crippen LogP contribution in [0.2, 0.25) is 0 Å². The largest absolute Gasteiger partial charge is 0.454 e. The predicted octanol–water partition coefficient (Wildman–Crippen LogP) is 1.23. The summed E-state index contributed by atoms with van der Waals surface area (Å²) in [6, 6.07) is 1.94. The van der Waals surface area contributed by atoms with E-state index < -0.39 is 27.5 Å². The zero-order chi connectivity index (χ0) is 12.6. The average molecular weight is 238 g/mol. The zero-order valence-corrected chi connectivity index (χ0v) is 8.27. The molecule has 1 aromatic carbocycles. The molecule has 0 aromatic heterocycles. The van der Waals surface area contributed by atoms with E-state index in [0.29, 0.717) is 0 Å². The molecular formula is C9H6N2O6. The molecule has 1 atom stereocenters. The number of nitro groups is 2. The minimum Gasteiger partial charge on any atom is -0.454 e. The fourth-order valence-corrected chi connectivity index (χ4v) is 1.46. The average Bonchev–Trinajstić information content (AvgIpc) is 2.27. The second-order valence-corrected chi connectivity index (χ2v) is 3.26. The lowest BCUT2D eigenvalue weighted by molar-refractivity contribution is -0.395. The van der Waals surface area contributed by atoms with Gasteiger partial charge < -0.3 is 9.84 Å². The summed E-state index contributed by atoms with van der Waals surface area (Å²) < 4.78 is 4.86. The first-order chi connectivity index (χ1) is 7.99. The van der Waals surface area contributed by atoms with Crippen LogP contribution in [-0.4, -0.2) is 21.2 Å². The molecule has 0 radical (unpaired) electrons. The molecule has 0 saturated carbocycles. The first-order valence-corrected chi connectivity index (χ1v) is 4.49. The van der Waals surface area contributed by atoms with Crippen LogP contribution in [-0.2, 0) is 0 Å². The molecule has 8 heteroatoms. The van der Waals surface area contributed by atoms with Gasteiger partial charge in [0.05, 0.1) is 15.9 Å². The number of benzene rings is 1. The fraction of sp³-hybridized carbons (Fsp3) is 0.111. The van der Waals surface area contributed by atoms with Crippen molar-refractivity contribution in [3.63, 3.8) is 0 Å². The number of nitrogens with zero attached hydrogens (tertiary/aromatic N) is 2. The van der Waals surface area contributed by atoms with Crippen molar-refractivity contribution < 1.29 is 19.7 Å². The molecule has 17 heavy (non-hydrogen) atoms. The molecular weight excluding hydrogens is 232 g/mol. The van der Waals surface area contributed by atoms with Gasteiger partial charge in [0.1, 0.15) is 0 Å². The van der Waals surface area contributed by atoms with E-state index in [9.17, 15) is 25.3 Å². The summed E-state index contributed by atoms with van der Waals surface area (Å²) in [6.45, 7) is 0. The highest BCUT2D eigenvalue weighted by Gasteiger charge is 2.27. The SMILES string of the molecule is O=[N+]([O-])c1cc2c(c([N+](=O)[O-])c1)OC(O)C=C2. The Morgan fingerprint density at radius 3 is 2.53 bits per heavy atom. The van der Waals surface area contributed by atoms with Gasteiger partial charge in [0.25, 0.3) is 5.69 Å². The lowest BCUT2D eigenvalue weighted by Gasteiger charge is -2.16. The van der Waals surface area contributed by atoms with Crippen molar-refractivity contribution in [3.05, 3.63) is 44.0 Å². The first kappa shape index (κ1) is 11.0. The Balaban J connectivity index is 2.65. The molecule has 0 spiro atoms. The van der Waals surface area contributed by atoms with E-state index in [1.807, 2.05) is 0 Å². The molecule has 0 aliphatic carbocycles. The Hall–Kier alpha value is -2.48. The maximum Gasteiger partial charge on any atom is 0.318 e. The number of hydrogen-bond donors (Lipinski definition) is 1. The second-order valence-electron chi connectivity index (χ2n) is 3.26. The van der Waals surface area contributed by atoms with E-state index in [2.05, 4.69) is 0 Å². The highest BCUT2D eigenvalue weighted by Crippen LogP contribution is 2.38. The Morgan fingerprint density at radius 1 is 1.24 bits per heavy atom. The summed E-state index contributed by atoms with van der Waals surface area (Å²) in [6.07, 6.45) is 1.28. The summed E-state index contributed by atoms with van der Waals surface area (Å²) in [4.78, 5) is 19.8. The number of rotatable bonds is 2. The van der Waals surface area contributed by atoms with Crippen LogP contribution in [0.5, 0.6) is 5.75 Å². The summed E-state index contributed by atoms with van der Waals surface area (Å²) in [5.41, 5.74) is -0.756. The molecule has 0 amide bonds. The summed E-state index contributed by atoms with van der Waals surface area (Å²) in [7, 11) is 0. The Morgan fingerprint density at radius 2 is 1.94 bits per heavy atom. The van der Waals surface area contributed by atoms with Gasteiger partial charge in [-0.1, -0.05) is 0 Å². The maximum atomic E-state index is 10.8. The van der Waals surface area contributed by atoms with Crippen LogP contribution in [0.15, 0.2) is 18.2 Å². The highest BCUT2D eigenvalue weighted by atomic mass is 16.6. The van der Waals surface area contributed by atoms with Crippen LogP contribution in [0.1, 0.15) is 5.56 Å². The van der Waals surface area contributed by atoms with Gasteiger partial charge in [-0.05, 0) is 12.2 Å². The minimum atomic E-state index is -1.29. The third-order valence-corrected chi connectivity index (χ3v) is 2.17. The van der Waals surface area contributed by atoms with E-state index in [1.165, 1.54) is 12.2 Å². The molecule has 1 aromatic rings. The van der Waals surface area contributed by atoms with Crippen LogP contribution >= 0.6 is 0 Å². The van der Waals surface area contributed by atoms with Crippen LogP contribution in [0.4, 0.5) is 11.4 Å². The van der Waals surface area contributed by atoms with Gasteiger partial charge in [-0.25, -0.2) is 0 Å². The monoisotopic (exact) mass is 238 g/mol. The molecule has 0 saturated heterocycles. The quantitative estimate of drug-likeness (QED) is 0.611. The molecule has 88 valence electrons. The predicted molar refractivity (Wildman–Crippen MR) is 55.4 cm³/mol. The smallest absolute Gasteiger partial charge is 0.318 e. The van der Waals surface area contributed by atoms with Crippen molar-refractivity contribution in [1.29, 1.82) is 0 Å². The molecule has 0 bridgehead atoms. The van der Waals surface area contributed by atoms with Gasteiger partial charge >= 0.3 is 5.69 Å². The third-order valence-electron chi connectivity index (χ3n) is 2.17. The molecule has 1 unspecified atom stereocenters. The van der Waals surface area contributed by atoms with Crippen molar-refractivity contribution >= 4 is 17.5 Å². The number of aliphatic hydroxyl groups is 1. The van der Waals surface area contributed by atoms with Gasteiger partial charge in [-0.3, -0.25) is 20.2 Å². The zero-order valence-electron chi connectivity index (χ0n) is 8.27. The number of hydrogen-bond acceptors (Lipinski definition) is 6. The minimum absolute atomic E-state index is 0.171. The molecule has 1 heterocycles. The number of non-ortho nitro benzene ring substituents is 1. The van der Waals surface area contributed by atoms with Gasteiger partial charge in [0.2, 0.25) is 12.0 Å². The van der Waals surface area contributed by atoms with Crippen molar-refractivity contribution in [2.24, 2.45) is 0 Å². The van der Waals surface area contributed by atoms with Crippen molar-refractivity contribution in [2.45, 2.75) is 6.29 Å². The third kappa shape index (κ3) is 1.93. The van der Waals surface area contributed by atoms with Gasteiger partial charge in [-0.2, -0.15) is 0 Å². The fourth-order valence-electron chi connectivity index (χ4n) is 1.46. The Bertz CT molecular complexity index is 539. The number of nitro benzene ring substituents is 2. The highest BCUT2D eigenvalue weighted by molar-refractivity contribution is 5.70. The molecule has 1 N–H and O–H groups in total. The first-order valence-electron chi connectivity index (χ1n) is 4.49. The molecule has 8 nitrogen and oxygen atoms in total. The normalized spacial score (nSPS) is 17.1. The Kier molecular flexibility index (Phi) is 2.48. The summed E-state index contributed by atoms with van der Waals surface area (Å²) in [5, 5.41) is 30.5. The topological polar surface area (TPSA) is 116 Å². The van der Waals surface area contributed by atoms with Gasteiger partial charge in [0, 0.05) is 11.6 Å². The van der Waals surface area contributed by atoms with Crippen molar-refractivity contribution in [3.8, 4) is 5.75 Å². The second kappa shape index (κ2) is 3.83. The van der Waals surface area contributed by atoms with Crippen LogP contribution in [0.25, 0.3) is 6.08 Å². The van der Waals surface area contributed by atoms with Gasteiger partial charge in [0.15, 0.2) is 0 Å². The number of aliphatic hydroxyl groups excluding tert-OH is 1. The molecule has 1 aliphatic heterocycles. The van der Waals surface area contributed by atoms with Crippen LogP contribution < -0.4 is 4.74 Å². The van der Waals surface area contributed by atoms with Gasteiger partial charge in [-0.15, -0.1) is 0 Å². The maximum absolute atomic E-state index is 10.8. The van der Waals surface area contributed by atoms with E-state index in [0.717, 1.165) is 12.1 Å². The summed E-state index contributed by atoms with van der Waals surface area (Å²) >= 11 is 0. The van der Waals surface area contributed by atoms with E-state index in [-0.39, 0.29) is 11.3 Å². The molecule has 1 aliphatic rings. The van der Waals surface area contributed by atoms with Crippen molar-refractivity contribution in [1.82, 2.24) is 0 Å². The van der Waals surface area contributed by atoms with E-state index >= 15 is 0 Å². The molecule has 2 rings (SSSR count). The Labute approximate surface area is 94.0 Å². The van der Waals surface area contributed by atoms with E-state index in [1.54, 1.807) is 0 Å². The number of ether oxygens (including phenoxy) is 1. The van der Waals surface area contributed by atoms with E-state index in [4.69, 9.17) is 4.74 Å². The van der Waals surface area contributed by atoms with Crippen LogP contribution in [0.3, 0.4) is 0 Å².